The molecule has 5 rings (SSSR count). The highest BCUT2D eigenvalue weighted by Gasteiger charge is 2.32. The third kappa shape index (κ3) is 4.41. The number of nitrogens with zero attached hydrogens (tertiary/aromatic N) is 3. The highest BCUT2D eigenvalue weighted by molar-refractivity contribution is 8.03. The zero-order chi connectivity index (χ0) is 22.1. The molecule has 0 radical (unpaired) electrons. The molecule has 4 nitrogen and oxygen atoms in total. The van der Waals surface area contributed by atoms with E-state index < -0.39 is 17.7 Å². The van der Waals surface area contributed by atoms with E-state index in [0.717, 1.165) is 60.8 Å². The van der Waals surface area contributed by atoms with Crippen molar-refractivity contribution in [1.82, 2.24) is 4.90 Å². The van der Waals surface area contributed by atoms with Crippen molar-refractivity contribution in [3.05, 3.63) is 64.6 Å². The minimum absolute atomic E-state index is 0.515. The molecule has 0 N–H and O–H groups in total. The molecule has 2 saturated heterocycles. The number of para-hydroxylation sites is 1. The number of aldehydes is 1. The summed E-state index contributed by atoms with van der Waals surface area (Å²) >= 11 is 1.66. The summed E-state index contributed by atoms with van der Waals surface area (Å²) in [5, 5.41) is 0. The average Bonchev–Trinajstić information content (AvgIpc) is 3.67. The van der Waals surface area contributed by atoms with E-state index >= 15 is 0 Å². The van der Waals surface area contributed by atoms with Gasteiger partial charge in [-0.05, 0) is 42.7 Å². The van der Waals surface area contributed by atoms with Crippen molar-refractivity contribution in [2.24, 2.45) is 0 Å². The maximum absolute atomic E-state index is 13.8. The molecule has 0 spiro atoms. The van der Waals surface area contributed by atoms with Gasteiger partial charge in [0.1, 0.15) is 12.3 Å². The van der Waals surface area contributed by atoms with E-state index in [0.29, 0.717) is 12.2 Å². The summed E-state index contributed by atoms with van der Waals surface area (Å²) in [5.41, 5.74) is 2.80. The van der Waals surface area contributed by atoms with E-state index in [-0.39, 0.29) is 0 Å². The Morgan fingerprint density at radius 3 is 2.44 bits per heavy atom. The largest absolute Gasteiger partial charge is 0.368 e. The van der Waals surface area contributed by atoms with Gasteiger partial charge in [-0.3, -0.25) is 4.90 Å². The Hall–Kier alpha value is -2.38. The third-order valence-electron chi connectivity index (χ3n) is 6.54. The monoisotopic (exact) mass is 455 g/mol. The first-order valence-electron chi connectivity index (χ1n) is 11.2. The Kier molecular flexibility index (Phi) is 6.20. The van der Waals surface area contributed by atoms with Gasteiger partial charge in [-0.15, -0.1) is 11.8 Å². The van der Waals surface area contributed by atoms with Crippen LogP contribution in [0.4, 0.5) is 20.2 Å². The Balaban J connectivity index is 1.40. The first-order valence-corrected chi connectivity index (χ1v) is 12.2. The normalized spacial score (nSPS) is 23.6. The predicted molar refractivity (Wildman–Crippen MR) is 127 cm³/mol. The fraction of sp³-hybridized carbons (Fsp3) is 0.400. The maximum atomic E-state index is 13.8. The molecule has 168 valence electrons. The Morgan fingerprint density at radius 1 is 0.938 bits per heavy atom. The Bertz CT molecular complexity index is 1020. The van der Waals surface area contributed by atoms with Crippen LogP contribution in [0.5, 0.6) is 0 Å². The summed E-state index contributed by atoms with van der Waals surface area (Å²) in [6.45, 7) is 4.78. The smallest absolute Gasteiger partial charge is 0.160 e. The van der Waals surface area contributed by atoms with Crippen LogP contribution in [0.3, 0.4) is 0 Å². The SMILES string of the molecule is O=CC1C(=Cc2ccccc2N2CCN(C3CC3)CC2)SCCN1c1ccc(F)c(F)c1. The van der Waals surface area contributed by atoms with Crippen LogP contribution < -0.4 is 9.80 Å². The minimum Gasteiger partial charge on any atom is -0.368 e. The molecule has 2 aromatic carbocycles. The molecule has 2 heterocycles. The third-order valence-corrected chi connectivity index (χ3v) is 7.62. The number of hydrogen-bond acceptors (Lipinski definition) is 5. The second-order valence-corrected chi connectivity index (χ2v) is 9.75. The lowest BCUT2D eigenvalue weighted by molar-refractivity contribution is -0.108. The maximum Gasteiger partial charge on any atom is 0.160 e. The number of piperazine rings is 1. The van der Waals surface area contributed by atoms with E-state index in [1.165, 1.54) is 30.7 Å². The van der Waals surface area contributed by atoms with E-state index in [2.05, 4.69) is 34.1 Å². The van der Waals surface area contributed by atoms with E-state index in [1.807, 2.05) is 11.0 Å². The fourth-order valence-corrected chi connectivity index (χ4v) is 5.77. The number of hydrogen-bond donors (Lipinski definition) is 0. The first-order chi connectivity index (χ1) is 15.6. The summed E-state index contributed by atoms with van der Waals surface area (Å²) in [5.74, 6) is -1.00. The van der Waals surface area contributed by atoms with Gasteiger partial charge >= 0.3 is 0 Å². The van der Waals surface area contributed by atoms with Gasteiger partial charge in [-0.1, -0.05) is 18.2 Å². The van der Waals surface area contributed by atoms with E-state index in [4.69, 9.17) is 0 Å². The molecule has 1 unspecified atom stereocenters. The van der Waals surface area contributed by atoms with E-state index in [1.54, 1.807) is 11.8 Å². The number of carbonyl (C=O) groups excluding carboxylic acids is 1. The van der Waals surface area contributed by atoms with Crippen molar-refractivity contribution in [1.29, 1.82) is 0 Å². The summed E-state index contributed by atoms with van der Waals surface area (Å²) in [6, 6.07) is 12.4. The van der Waals surface area contributed by atoms with Crippen LogP contribution in [-0.4, -0.2) is 61.7 Å². The highest BCUT2D eigenvalue weighted by atomic mass is 32.2. The molecule has 3 fully saturated rings. The Labute approximate surface area is 191 Å². The Morgan fingerprint density at radius 2 is 1.72 bits per heavy atom. The van der Waals surface area contributed by atoms with Crippen molar-refractivity contribution < 1.29 is 13.6 Å². The van der Waals surface area contributed by atoms with Gasteiger partial charge in [0.2, 0.25) is 0 Å². The quantitative estimate of drug-likeness (QED) is 0.623. The molecule has 7 heteroatoms. The van der Waals surface area contributed by atoms with Crippen LogP contribution in [0.15, 0.2) is 47.4 Å². The van der Waals surface area contributed by atoms with Gasteiger partial charge in [0, 0.05) is 66.9 Å². The average molecular weight is 456 g/mol. The summed E-state index contributed by atoms with van der Waals surface area (Å²) < 4.78 is 27.2. The molecular weight excluding hydrogens is 428 g/mol. The van der Waals surface area contributed by atoms with Gasteiger partial charge in [0.25, 0.3) is 0 Å². The highest BCUT2D eigenvalue weighted by Crippen LogP contribution is 2.36. The van der Waals surface area contributed by atoms with Crippen LogP contribution in [0, 0.1) is 11.6 Å². The van der Waals surface area contributed by atoms with Crippen LogP contribution in [0.2, 0.25) is 0 Å². The summed E-state index contributed by atoms with van der Waals surface area (Å²) in [6.07, 6.45) is 5.66. The molecule has 1 saturated carbocycles. The molecule has 0 aromatic heterocycles. The second kappa shape index (κ2) is 9.24. The topological polar surface area (TPSA) is 26.8 Å². The lowest BCUT2D eigenvalue weighted by Crippen LogP contribution is -2.47. The van der Waals surface area contributed by atoms with Gasteiger partial charge in [-0.25, -0.2) is 8.78 Å². The van der Waals surface area contributed by atoms with Crippen molar-refractivity contribution in [3.63, 3.8) is 0 Å². The van der Waals surface area contributed by atoms with Crippen LogP contribution >= 0.6 is 11.8 Å². The number of halogens is 2. The van der Waals surface area contributed by atoms with Crippen molar-refractivity contribution in [2.75, 3.05) is 48.3 Å². The molecule has 1 atom stereocenters. The molecule has 1 aliphatic carbocycles. The molecule has 0 amide bonds. The molecule has 32 heavy (non-hydrogen) atoms. The number of anilines is 2. The molecule has 0 bridgehead atoms. The van der Waals surface area contributed by atoms with Crippen molar-refractivity contribution in [2.45, 2.75) is 24.9 Å². The van der Waals surface area contributed by atoms with Crippen LogP contribution in [-0.2, 0) is 4.79 Å². The number of carbonyl (C=O) groups is 1. The zero-order valence-electron chi connectivity index (χ0n) is 17.9. The summed E-state index contributed by atoms with van der Waals surface area (Å²) in [7, 11) is 0. The van der Waals surface area contributed by atoms with Crippen molar-refractivity contribution >= 4 is 35.5 Å². The van der Waals surface area contributed by atoms with Gasteiger partial charge < -0.3 is 14.6 Å². The lowest BCUT2D eigenvalue weighted by atomic mass is 10.1. The molecule has 2 aliphatic heterocycles. The fourth-order valence-electron chi connectivity index (χ4n) is 4.68. The molecular formula is C25H27F2N3OS. The molecule has 2 aromatic rings. The second-order valence-electron chi connectivity index (χ2n) is 8.58. The lowest BCUT2D eigenvalue weighted by Gasteiger charge is -2.38. The van der Waals surface area contributed by atoms with E-state index in [9.17, 15) is 13.6 Å². The zero-order valence-corrected chi connectivity index (χ0v) is 18.7. The first kappa shape index (κ1) is 21.5. The minimum atomic E-state index is -0.897. The van der Waals surface area contributed by atoms with Gasteiger partial charge in [0.15, 0.2) is 11.6 Å². The molecule has 3 aliphatic rings. The van der Waals surface area contributed by atoms with Crippen molar-refractivity contribution in [3.8, 4) is 0 Å². The number of rotatable bonds is 5. The summed E-state index contributed by atoms with van der Waals surface area (Å²) in [4.78, 5) is 19.9. The number of thioether (sulfide) groups is 1. The van der Waals surface area contributed by atoms with Gasteiger partial charge in [-0.2, -0.15) is 0 Å². The van der Waals surface area contributed by atoms with Gasteiger partial charge in [0.05, 0.1) is 0 Å². The van der Waals surface area contributed by atoms with Crippen LogP contribution in [0.25, 0.3) is 6.08 Å². The number of benzene rings is 2. The van der Waals surface area contributed by atoms with Crippen LogP contribution in [0.1, 0.15) is 18.4 Å². The standard InChI is InChI=1S/C25H27F2N3OS/c26-21-8-7-20(16-22(21)27)30-13-14-32-25(24(30)17-31)15-18-3-1-2-4-23(18)29-11-9-28(10-12-29)19-5-6-19/h1-4,7-8,15-17,19,24H,5-6,9-14H2. The predicted octanol–water partition coefficient (Wildman–Crippen LogP) is 4.41.